The van der Waals surface area contributed by atoms with E-state index in [2.05, 4.69) is 22.7 Å². The molecule has 2 N–H and O–H groups in total. The van der Waals surface area contributed by atoms with Crippen molar-refractivity contribution in [3.05, 3.63) is 52.3 Å². The van der Waals surface area contributed by atoms with Crippen molar-refractivity contribution in [3.8, 4) is 0 Å². The molecule has 110 valence electrons. The summed E-state index contributed by atoms with van der Waals surface area (Å²) in [4.78, 5) is 12.3. The largest absolute Gasteiger partial charge is 0.348 e. The molecule has 5 heteroatoms. The van der Waals surface area contributed by atoms with Gasteiger partial charge in [-0.2, -0.15) is 5.10 Å². The molecule has 5 nitrogen and oxygen atoms in total. The molecule has 2 heterocycles. The Labute approximate surface area is 124 Å². The minimum atomic E-state index is -0.0318. The molecule has 1 aliphatic heterocycles. The molecule has 1 aromatic carbocycles. The van der Waals surface area contributed by atoms with Crippen LogP contribution in [-0.4, -0.2) is 15.7 Å². The zero-order valence-corrected chi connectivity index (χ0v) is 12.4. The Morgan fingerprint density at radius 2 is 2.19 bits per heavy atom. The molecule has 0 saturated heterocycles. The van der Waals surface area contributed by atoms with Crippen LogP contribution in [0, 0.1) is 0 Å². The van der Waals surface area contributed by atoms with Crippen LogP contribution in [0.2, 0.25) is 0 Å². The summed E-state index contributed by atoms with van der Waals surface area (Å²) in [5, 5.41) is 10.7. The number of nitrogens with one attached hydrogen (secondary N) is 2. The second-order valence-electron chi connectivity index (χ2n) is 5.40. The van der Waals surface area contributed by atoms with Crippen molar-refractivity contribution in [2.75, 3.05) is 0 Å². The summed E-state index contributed by atoms with van der Waals surface area (Å²) in [6, 6.07) is 5.91. The number of hydrogen-bond acceptors (Lipinski definition) is 3. The Balaban J connectivity index is 1.69. The van der Waals surface area contributed by atoms with Gasteiger partial charge in [-0.1, -0.05) is 13.0 Å². The van der Waals surface area contributed by atoms with E-state index in [1.54, 1.807) is 4.68 Å². The predicted octanol–water partition coefficient (Wildman–Crippen LogP) is 1.52. The van der Waals surface area contributed by atoms with Gasteiger partial charge >= 0.3 is 0 Å². The molecule has 1 amide bonds. The average molecular weight is 284 g/mol. The number of carbonyl (C=O) groups is 1. The van der Waals surface area contributed by atoms with Gasteiger partial charge in [0.15, 0.2) is 0 Å². The van der Waals surface area contributed by atoms with E-state index in [-0.39, 0.29) is 5.91 Å². The van der Waals surface area contributed by atoms with Gasteiger partial charge in [0.05, 0.1) is 5.69 Å². The van der Waals surface area contributed by atoms with Crippen molar-refractivity contribution >= 4 is 5.91 Å². The predicted molar refractivity (Wildman–Crippen MR) is 80.7 cm³/mol. The van der Waals surface area contributed by atoms with Crippen molar-refractivity contribution < 1.29 is 4.79 Å². The maximum absolute atomic E-state index is 12.3. The number of carbonyl (C=O) groups excluding carboxylic acids is 1. The Bertz CT molecular complexity index is 675. The molecule has 0 spiro atoms. The van der Waals surface area contributed by atoms with Crippen LogP contribution in [0.4, 0.5) is 0 Å². The molecule has 0 atom stereocenters. The van der Waals surface area contributed by atoms with Gasteiger partial charge in [-0.15, -0.1) is 0 Å². The van der Waals surface area contributed by atoms with Crippen molar-refractivity contribution in [2.45, 2.75) is 33.0 Å². The number of aryl methyl sites for hydroxylation is 2. The van der Waals surface area contributed by atoms with E-state index in [1.807, 2.05) is 31.4 Å². The van der Waals surface area contributed by atoms with Crippen LogP contribution in [-0.2, 0) is 33.1 Å². The molecule has 0 radical (unpaired) electrons. The zero-order chi connectivity index (χ0) is 14.8. The van der Waals surface area contributed by atoms with Crippen LogP contribution in [0.1, 0.15) is 39.7 Å². The van der Waals surface area contributed by atoms with Crippen LogP contribution < -0.4 is 10.6 Å². The summed E-state index contributed by atoms with van der Waals surface area (Å²) in [6.07, 6.45) is 2.84. The number of amides is 1. The topological polar surface area (TPSA) is 59.0 Å². The van der Waals surface area contributed by atoms with Crippen LogP contribution >= 0.6 is 0 Å². The Hall–Kier alpha value is -2.14. The molecule has 0 fully saturated rings. The zero-order valence-electron chi connectivity index (χ0n) is 12.4. The van der Waals surface area contributed by atoms with E-state index in [0.29, 0.717) is 6.54 Å². The first-order valence-corrected chi connectivity index (χ1v) is 7.29. The lowest BCUT2D eigenvalue weighted by Gasteiger charge is -2.06. The lowest BCUT2D eigenvalue weighted by atomic mass is 10.1. The standard InChI is InChI=1S/C16H20N4O/c1-3-15-14(10-20(2)19-15)9-18-16(21)11-4-5-12-7-17-8-13(12)6-11/h4-6,10,17H,3,7-9H2,1-2H3,(H,18,21). The van der Waals surface area contributed by atoms with E-state index in [9.17, 15) is 4.79 Å². The Kier molecular flexibility index (Phi) is 3.75. The fraction of sp³-hybridized carbons (Fsp3) is 0.375. The average Bonchev–Trinajstić information content (AvgIpc) is 3.09. The molecular weight excluding hydrogens is 264 g/mol. The lowest BCUT2D eigenvalue weighted by molar-refractivity contribution is 0.0950. The molecule has 0 aliphatic carbocycles. The first kappa shape index (κ1) is 13.8. The summed E-state index contributed by atoms with van der Waals surface area (Å²) < 4.78 is 1.79. The van der Waals surface area contributed by atoms with Gasteiger partial charge in [0.2, 0.25) is 0 Å². The highest BCUT2D eigenvalue weighted by Crippen LogP contribution is 2.17. The lowest BCUT2D eigenvalue weighted by Crippen LogP contribution is -2.23. The molecule has 21 heavy (non-hydrogen) atoms. The minimum absolute atomic E-state index is 0.0318. The van der Waals surface area contributed by atoms with Gasteiger partial charge < -0.3 is 10.6 Å². The van der Waals surface area contributed by atoms with E-state index in [4.69, 9.17) is 0 Å². The Morgan fingerprint density at radius 1 is 1.38 bits per heavy atom. The SMILES string of the molecule is CCc1nn(C)cc1CNC(=O)c1ccc2c(c1)CNC2. The van der Waals surface area contributed by atoms with Gasteiger partial charge in [-0.25, -0.2) is 0 Å². The number of aromatic nitrogens is 2. The quantitative estimate of drug-likeness (QED) is 0.895. The summed E-state index contributed by atoms with van der Waals surface area (Å²) in [5.41, 5.74) is 5.34. The van der Waals surface area contributed by atoms with Crippen LogP contribution in [0.25, 0.3) is 0 Å². The molecule has 2 aromatic rings. The van der Waals surface area contributed by atoms with Crippen LogP contribution in [0.15, 0.2) is 24.4 Å². The third-order valence-electron chi connectivity index (χ3n) is 3.87. The normalized spacial score (nSPS) is 13.2. The second-order valence-corrected chi connectivity index (χ2v) is 5.40. The highest BCUT2D eigenvalue weighted by atomic mass is 16.1. The molecule has 1 aromatic heterocycles. The molecule has 0 saturated carbocycles. The maximum atomic E-state index is 12.3. The van der Waals surface area contributed by atoms with Gasteiger partial charge in [0.1, 0.15) is 0 Å². The fourth-order valence-electron chi connectivity index (χ4n) is 2.74. The smallest absolute Gasteiger partial charge is 0.251 e. The first-order chi connectivity index (χ1) is 10.2. The van der Waals surface area contributed by atoms with Gasteiger partial charge in [-0.05, 0) is 29.7 Å². The van der Waals surface area contributed by atoms with Crippen molar-refractivity contribution in [3.63, 3.8) is 0 Å². The van der Waals surface area contributed by atoms with Crippen LogP contribution in [0.5, 0.6) is 0 Å². The third kappa shape index (κ3) is 2.83. The van der Waals surface area contributed by atoms with Crippen molar-refractivity contribution in [1.82, 2.24) is 20.4 Å². The maximum Gasteiger partial charge on any atom is 0.251 e. The van der Waals surface area contributed by atoms with E-state index >= 15 is 0 Å². The number of rotatable bonds is 4. The van der Waals surface area contributed by atoms with Gasteiger partial charge in [-0.3, -0.25) is 9.48 Å². The Morgan fingerprint density at radius 3 is 3.00 bits per heavy atom. The first-order valence-electron chi connectivity index (χ1n) is 7.29. The fourth-order valence-corrected chi connectivity index (χ4v) is 2.74. The van der Waals surface area contributed by atoms with Crippen LogP contribution in [0.3, 0.4) is 0 Å². The van der Waals surface area contributed by atoms with Crippen molar-refractivity contribution in [1.29, 1.82) is 0 Å². The van der Waals surface area contributed by atoms with E-state index < -0.39 is 0 Å². The van der Waals surface area contributed by atoms with E-state index in [0.717, 1.165) is 36.3 Å². The number of hydrogen-bond donors (Lipinski definition) is 2. The number of fused-ring (bicyclic) bond motifs is 1. The summed E-state index contributed by atoms with van der Waals surface area (Å²) >= 11 is 0. The monoisotopic (exact) mass is 284 g/mol. The highest BCUT2D eigenvalue weighted by Gasteiger charge is 2.14. The molecule has 0 bridgehead atoms. The van der Waals surface area contributed by atoms with Crippen molar-refractivity contribution in [2.24, 2.45) is 7.05 Å². The minimum Gasteiger partial charge on any atom is -0.348 e. The van der Waals surface area contributed by atoms with Gasteiger partial charge in [0, 0.05) is 44.0 Å². The third-order valence-corrected chi connectivity index (χ3v) is 3.87. The summed E-state index contributed by atoms with van der Waals surface area (Å²) in [6.45, 7) is 4.33. The highest BCUT2D eigenvalue weighted by molar-refractivity contribution is 5.94. The number of nitrogens with zero attached hydrogens (tertiary/aromatic N) is 2. The molecule has 1 aliphatic rings. The second kappa shape index (κ2) is 5.69. The van der Waals surface area contributed by atoms with Gasteiger partial charge in [0.25, 0.3) is 5.91 Å². The molecule has 0 unspecified atom stereocenters. The number of benzene rings is 1. The summed E-state index contributed by atoms with van der Waals surface area (Å²) in [7, 11) is 1.90. The van der Waals surface area contributed by atoms with E-state index in [1.165, 1.54) is 11.1 Å². The molecular formula is C16H20N4O. The molecule has 3 rings (SSSR count). The summed E-state index contributed by atoms with van der Waals surface area (Å²) in [5.74, 6) is -0.0318.